The number of allylic oxidation sites excluding steroid dienone is 2. The van der Waals surface area contributed by atoms with E-state index in [1.807, 2.05) is 38.3 Å². The highest BCUT2D eigenvalue weighted by atomic mass is 16.4. The molecule has 0 bridgehead atoms. The van der Waals surface area contributed by atoms with Crippen LogP contribution in [0, 0.1) is 13.8 Å². The largest absolute Gasteiger partial charge is 0.481 e. The van der Waals surface area contributed by atoms with Gasteiger partial charge in [-0.15, -0.1) is 0 Å². The Labute approximate surface area is 147 Å². The van der Waals surface area contributed by atoms with Gasteiger partial charge in [-0.3, -0.25) is 4.79 Å². The molecule has 5 nitrogen and oxygen atoms in total. The SMILES string of the molecule is CCC1=C(C)C(c2ccc[nH]2)=N/C1=C\c1[nH]c(C)c(CC(=O)O)c1C. The number of nitrogens with zero attached hydrogens (tertiary/aromatic N) is 1. The van der Waals surface area contributed by atoms with E-state index in [0.29, 0.717) is 0 Å². The fourth-order valence-electron chi connectivity index (χ4n) is 3.42. The van der Waals surface area contributed by atoms with Gasteiger partial charge >= 0.3 is 5.97 Å². The molecule has 0 aromatic carbocycles. The summed E-state index contributed by atoms with van der Waals surface area (Å²) < 4.78 is 0. The van der Waals surface area contributed by atoms with Gasteiger partial charge in [0.05, 0.1) is 23.5 Å². The van der Waals surface area contributed by atoms with E-state index in [2.05, 4.69) is 23.8 Å². The van der Waals surface area contributed by atoms with Crippen LogP contribution in [0.15, 0.2) is 40.2 Å². The molecule has 130 valence electrons. The average molecular weight is 337 g/mol. The Morgan fingerprint density at radius 2 is 2.08 bits per heavy atom. The number of aliphatic carboxylic acids is 1. The maximum atomic E-state index is 11.1. The third-order valence-corrected chi connectivity index (χ3v) is 4.80. The summed E-state index contributed by atoms with van der Waals surface area (Å²) >= 11 is 0. The fraction of sp³-hybridized carbons (Fsp3) is 0.300. The first-order chi connectivity index (χ1) is 11.9. The number of nitrogens with one attached hydrogen (secondary N) is 2. The van der Waals surface area contributed by atoms with Crippen molar-refractivity contribution in [1.29, 1.82) is 0 Å². The van der Waals surface area contributed by atoms with Crippen molar-refractivity contribution in [3.05, 3.63) is 63.4 Å². The lowest BCUT2D eigenvalue weighted by atomic mass is 10.0. The van der Waals surface area contributed by atoms with Crippen molar-refractivity contribution in [2.24, 2.45) is 4.99 Å². The molecule has 0 radical (unpaired) electrons. The standard InChI is InChI=1S/C20H23N3O2/c1-5-14-12(3)20(16-7-6-8-21-16)23-18(14)10-17-11(2)15(9-19(24)25)13(4)22-17/h6-8,10,21-22H,5,9H2,1-4H3,(H,24,25)/b18-10-. The zero-order valence-corrected chi connectivity index (χ0v) is 15.0. The van der Waals surface area contributed by atoms with Crippen molar-refractivity contribution >= 4 is 17.8 Å². The van der Waals surface area contributed by atoms with Gasteiger partial charge < -0.3 is 15.1 Å². The Morgan fingerprint density at radius 3 is 2.68 bits per heavy atom. The molecule has 0 atom stereocenters. The smallest absolute Gasteiger partial charge is 0.307 e. The van der Waals surface area contributed by atoms with E-state index in [-0.39, 0.29) is 6.42 Å². The van der Waals surface area contributed by atoms with Crippen molar-refractivity contribution in [3.8, 4) is 0 Å². The number of rotatable bonds is 5. The molecule has 0 fully saturated rings. The molecule has 0 saturated heterocycles. The molecule has 0 unspecified atom stereocenters. The Kier molecular flexibility index (Phi) is 4.49. The Bertz CT molecular complexity index is 909. The third-order valence-electron chi connectivity index (χ3n) is 4.80. The monoisotopic (exact) mass is 337 g/mol. The van der Waals surface area contributed by atoms with Gasteiger partial charge in [0.1, 0.15) is 0 Å². The number of aliphatic imine (C=N–C) groups is 1. The topological polar surface area (TPSA) is 81.2 Å². The molecule has 3 rings (SSSR count). The lowest BCUT2D eigenvalue weighted by Crippen LogP contribution is -2.01. The minimum absolute atomic E-state index is 0.0316. The van der Waals surface area contributed by atoms with Gasteiger partial charge in [0, 0.05) is 17.6 Å². The Morgan fingerprint density at radius 1 is 1.32 bits per heavy atom. The quantitative estimate of drug-likeness (QED) is 0.766. The molecule has 0 spiro atoms. The van der Waals surface area contributed by atoms with Gasteiger partial charge in [-0.2, -0.15) is 0 Å². The minimum atomic E-state index is -0.817. The summed E-state index contributed by atoms with van der Waals surface area (Å²) in [7, 11) is 0. The summed E-state index contributed by atoms with van der Waals surface area (Å²) in [6.45, 7) is 8.10. The molecule has 25 heavy (non-hydrogen) atoms. The molecule has 5 heteroatoms. The molecule has 1 aliphatic rings. The van der Waals surface area contributed by atoms with Gasteiger partial charge in [-0.25, -0.2) is 4.99 Å². The molecule has 3 heterocycles. The third kappa shape index (κ3) is 3.09. The summed E-state index contributed by atoms with van der Waals surface area (Å²) in [5.41, 5.74) is 8.98. The number of carboxylic acid groups (broad SMARTS) is 1. The predicted molar refractivity (Wildman–Crippen MR) is 99.9 cm³/mol. The molecule has 3 N–H and O–H groups in total. The zero-order valence-electron chi connectivity index (χ0n) is 15.0. The van der Waals surface area contributed by atoms with Crippen LogP contribution >= 0.6 is 0 Å². The van der Waals surface area contributed by atoms with Gasteiger partial charge in [0.2, 0.25) is 0 Å². The number of carbonyl (C=O) groups is 1. The van der Waals surface area contributed by atoms with Crippen molar-refractivity contribution in [3.63, 3.8) is 0 Å². The van der Waals surface area contributed by atoms with Crippen LogP contribution in [0.1, 0.15) is 48.5 Å². The summed E-state index contributed by atoms with van der Waals surface area (Å²) in [5.74, 6) is -0.817. The number of aromatic nitrogens is 2. The van der Waals surface area contributed by atoms with Crippen LogP contribution < -0.4 is 0 Å². The van der Waals surface area contributed by atoms with Crippen LogP contribution in [0.4, 0.5) is 0 Å². The van der Waals surface area contributed by atoms with E-state index < -0.39 is 5.97 Å². The zero-order chi connectivity index (χ0) is 18.1. The second-order valence-corrected chi connectivity index (χ2v) is 6.37. The van der Waals surface area contributed by atoms with E-state index in [1.165, 1.54) is 11.1 Å². The molecule has 2 aromatic heterocycles. The first-order valence-electron chi connectivity index (χ1n) is 8.46. The highest BCUT2D eigenvalue weighted by Crippen LogP contribution is 2.32. The summed E-state index contributed by atoms with van der Waals surface area (Å²) in [4.78, 5) is 22.5. The highest BCUT2D eigenvalue weighted by Gasteiger charge is 2.22. The fourth-order valence-corrected chi connectivity index (χ4v) is 3.42. The van der Waals surface area contributed by atoms with Crippen LogP contribution in [-0.4, -0.2) is 26.8 Å². The number of aryl methyl sites for hydroxylation is 1. The summed E-state index contributed by atoms with van der Waals surface area (Å²) in [5, 5.41) is 9.10. The number of aromatic amines is 2. The van der Waals surface area contributed by atoms with E-state index in [1.54, 1.807) is 0 Å². The molecular weight excluding hydrogens is 314 g/mol. The number of hydrogen-bond acceptors (Lipinski definition) is 2. The molecule has 1 aliphatic heterocycles. The second kappa shape index (κ2) is 6.59. The number of carboxylic acids is 1. The maximum absolute atomic E-state index is 11.1. The first-order valence-corrected chi connectivity index (χ1v) is 8.46. The van der Waals surface area contributed by atoms with E-state index in [4.69, 9.17) is 10.1 Å². The van der Waals surface area contributed by atoms with Crippen LogP contribution in [0.3, 0.4) is 0 Å². The van der Waals surface area contributed by atoms with Crippen LogP contribution in [0.5, 0.6) is 0 Å². The second-order valence-electron chi connectivity index (χ2n) is 6.37. The summed E-state index contributed by atoms with van der Waals surface area (Å²) in [6.07, 6.45) is 4.86. The van der Waals surface area contributed by atoms with E-state index in [9.17, 15) is 4.79 Å². The predicted octanol–water partition coefficient (Wildman–Crippen LogP) is 4.16. The van der Waals surface area contributed by atoms with Crippen LogP contribution in [0.25, 0.3) is 6.08 Å². The Hall–Kier alpha value is -2.82. The van der Waals surface area contributed by atoms with Crippen molar-refractivity contribution in [2.75, 3.05) is 0 Å². The number of H-pyrrole nitrogens is 2. The lowest BCUT2D eigenvalue weighted by Gasteiger charge is -2.02. The molecule has 0 aliphatic carbocycles. The van der Waals surface area contributed by atoms with Gasteiger partial charge in [-0.1, -0.05) is 6.92 Å². The van der Waals surface area contributed by atoms with Gasteiger partial charge in [-0.05, 0) is 67.7 Å². The summed E-state index contributed by atoms with van der Waals surface area (Å²) in [6, 6.07) is 3.99. The average Bonchev–Trinajstić information content (AvgIpc) is 3.24. The lowest BCUT2D eigenvalue weighted by molar-refractivity contribution is -0.136. The Balaban J connectivity index is 2.05. The molecule has 0 amide bonds. The van der Waals surface area contributed by atoms with Gasteiger partial charge in [0.15, 0.2) is 0 Å². The van der Waals surface area contributed by atoms with Crippen LogP contribution in [0.2, 0.25) is 0 Å². The van der Waals surface area contributed by atoms with E-state index in [0.717, 1.165) is 46.0 Å². The molecular formula is C20H23N3O2. The van der Waals surface area contributed by atoms with Crippen molar-refractivity contribution < 1.29 is 9.90 Å². The normalized spacial score (nSPS) is 16.0. The van der Waals surface area contributed by atoms with Crippen LogP contribution in [-0.2, 0) is 11.2 Å². The van der Waals surface area contributed by atoms with E-state index >= 15 is 0 Å². The first kappa shape index (κ1) is 17.0. The van der Waals surface area contributed by atoms with Crippen molar-refractivity contribution in [2.45, 2.75) is 40.5 Å². The highest BCUT2D eigenvalue weighted by molar-refractivity contribution is 6.15. The molecule has 0 saturated carbocycles. The van der Waals surface area contributed by atoms with Crippen molar-refractivity contribution in [1.82, 2.24) is 9.97 Å². The maximum Gasteiger partial charge on any atom is 0.307 e. The number of hydrogen-bond donors (Lipinski definition) is 3. The minimum Gasteiger partial charge on any atom is -0.481 e. The van der Waals surface area contributed by atoms with Gasteiger partial charge in [0.25, 0.3) is 0 Å². The molecule has 2 aromatic rings.